The van der Waals surface area contributed by atoms with Crippen molar-refractivity contribution >= 4 is 21.6 Å². The Kier molecular flexibility index (Phi) is 4.52. The Bertz CT molecular complexity index is 1060. The molecule has 0 fully saturated rings. The fraction of sp³-hybridized carbons (Fsp3) is 0.111. The van der Waals surface area contributed by atoms with Crippen LogP contribution in [-0.4, -0.2) is 24.1 Å². The number of carbonyl (C=O) groups is 1. The highest BCUT2D eigenvalue weighted by atomic mass is 32.2. The van der Waals surface area contributed by atoms with Crippen molar-refractivity contribution in [3.05, 3.63) is 71.5 Å². The van der Waals surface area contributed by atoms with Crippen molar-refractivity contribution in [2.45, 2.75) is 18.7 Å². The Morgan fingerprint density at radius 1 is 1.04 bits per heavy atom. The van der Waals surface area contributed by atoms with Crippen LogP contribution in [0.2, 0.25) is 0 Å². The minimum atomic E-state index is -3.84. The smallest absolute Gasteiger partial charge is 0.265 e. The summed E-state index contributed by atoms with van der Waals surface area (Å²) in [5.41, 5.74) is 7.51. The van der Waals surface area contributed by atoms with Gasteiger partial charge in [0, 0.05) is 11.3 Å². The van der Waals surface area contributed by atoms with Gasteiger partial charge in [0.25, 0.3) is 10.0 Å². The third-order valence-electron chi connectivity index (χ3n) is 3.92. The third kappa shape index (κ3) is 3.31. The molecule has 2 aromatic carbocycles. The van der Waals surface area contributed by atoms with Crippen LogP contribution in [0.15, 0.2) is 59.5 Å². The summed E-state index contributed by atoms with van der Waals surface area (Å²) >= 11 is 0. The highest BCUT2D eigenvalue weighted by molar-refractivity contribution is 7.92. The second-order valence-electron chi connectivity index (χ2n) is 5.79. The van der Waals surface area contributed by atoms with Crippen molar-refractivity contribution in [3.63, 3.8) is 0 Å². The zero-order chi connectivity index (χ0) is 18.9. The van der Waals surface area contributed by atoms with E-state index in [0.29, 0.717) is 22.6 Å². The summed E-state index contributed by atoms with van der Waals surface area (Å²) in [5.74, 6) is -0.574. The van der Waals surface area contributed by atoms with Crippen molar-refractivity contribution in [1.29, 1.82) is 0 Å². The molecule has 8 heteroatoms. The highest BCUT2D eigenvalue weighted by Gasteiger charge is 2.25. The molecular weight excluding hydrogens is 352 g/mol. The number of hydrogen-bond acceptors (Lipinski definition) is 4. The van der Waals surface area contributed by atoms with E-state index in [1.165, 1.54) is 24.3 Å². The number of sulfonamides is 1. The predicted octanol–water partition coefficient (Wildman–Crippen LogP) is 2.39. The van der Waals surface area contributed by atoms with Crippen LogP contribution < -0.4 is 10.5 Å². The number of hydrogen-bond donors (Lipinski definition) is 2. The SMILES string of the molecule is Cc1nn(-c2ccccc2)c(C)c1S(=O)(=O)Nc1ccc(C(N)=O)cc1. The van der Waals surface area contributed by atoms with Crippen LogP contribution >= 0.6 is 0 Å². The van der Waals surface area contributed by atoms with Gasteiger partial charge < -0.3 is 5.73 Å². The first-order valence-electron chi connectivity index (χ1n) is 7.84. The van der Waals surface area contributed by atoms with Gasteiger partial charge in [-0.15, -0.1) is 0 Å². The van der Waals surface area contributed by atoms with Crippen LogP contribution in [0.1, 0.15) is 21.7 Å². The van der Waals surface area contributed by atoms with Gasteiger partial charge in [0.05, 0.1) is 17.1 Å². The zero-order valence-electron chi connectivity index (χ0n) is 14.3. The van der Waals surface area contributed by atoms with E-state index in [0.717, 1.165) is 5.69 Å². The van der Waals surface area contributed by atoms with E-state index in [-0.39, 0.29) is 4.90 Å². The van der Waals surface area contributed by atoms with Gasteiger partial charge in [-0.1, -0.05) is 18.2 Å². The number of nitrogens with zero attached hydrogens (tertiary/aromatic N) is 2. The highest BCUT2D eigenvalue weighted by Crippen LogP contribution is 2.25. The van der Waals surface area contributed by atoms with Crippen molar-refractivity contribution in [2.75, 3.05) is 4.72 Å². The molecule has 134 valence electrons. The van der Waals surface area contributed by atoms with Crippen LogP contribution in [0.4, 0.5) is 5.69 Å². The van der Waals surface area contributed by atoms with Gasteiger partial charge in [-0.05, 0) is 50.2 Å². The minimum Gasteiger partial charge on any atom is -0.366 e. The largest absolute Gasteiger partial charge is 0.366 e. The van der Waals surface area contributed by atoms with Gasteiger partial charge in [0.1, 0.15) is 4.90 Å². The second-order valence-corrected chi connectivity index (χ2v) is 7.41. The lowest BCUT2D eigenvalue weighted by Crippen LogP contribution is -2.15. The molecule has 0 unspecified atom stereocenters. The van der Waals surface area contributed by atoms with Gasteiger partial charge in [-0.2, -0.15) is 5.10 Å². The number of para-hydroxylation sites is 1. The molecule has 0 aliphatic heterocycles. The topological polar surface area (TPSA) is 107 Å². The number of nitrogens with one attached hydrogen (secondary N) is 1. The normalized spacial score (nSPS) is 11.3. The number of anilines is 1. The quantitative estimate of drug-likeness (QED) is 0.719. The van der Waals surface area contributed by atoms with Crippen molar-refractivity contribution in [2.24, 2.45) is 5.73 Å². The van der Waals surface area contributed by atoms with Gasteiger partial charge in [0.15, 0.2) is 0 Å². The molecular formula is C18H18N4O3S. The van der Waals surface area contributed by atoms with E-state index in [1.807, 2.05) is 30.3 Å². The second kappa shape index (κ2) is 6.64. The van der Waals surface area contributed by atoms with Gasteiger partial charge >= 0.3 is 0 Å². The average Bonchev–Trinajstić information content (AvgIpc) is 2.91. The number of aromatic nitrogens is 2. The summed E-state index contributed by atoms with van der Waals surface area (Å²) in [7, 11) is -3.84. The van der Waals surface area contributed by atoms with E-state index in [9.17, 15) is 13.2 Å². The van der Waals surface area contributed by atoms with E-state index < -0.39 is 15.9 Å². The van der Waals surface area contributed by atoms with E-state index in [2.05, 4.69) is 9.82 Å². The van der Waals surface area contributed by atoms with Crippen LogP contribution in [-0.2, 0) is 10.0 Å². The number of rotatable bonds is 5. The summed E-state index contributed by atoms with van der Waals surface area (Å²) in [6, 6.07) is 15.2. The number of amides is 1. The van der Waals surface area contributed by atoms with Gasteiger partial charge in [0.2, 0.25) is 5.91 Å². The van der Waals surface area contributed by atoms with E-state index >= 15 is 0 Å². The molecule has 1 heterocycles. The number of benzene rings is 2. The van der Waals surface area contributed by atoms with Gasteiger partial charge in [-0.25, -0.2) is 13.1 Å². The lowest BCUT2D eigenvalue weighted by molar-refractivity contribution is 0.100. The van der Waals surface area contributed by atoms with Gasteiger partial charge in [-0.3, -0.25) is 9.52 Å². The molecule has 0 aliphatic rings. The molecule has 0 radical (unpaired) electrons. The minimum absolute atomic E-state index is 0.125. The average molecular weight is 370 g/mol. The first kappa shape index (κ1) is 17.7. The molecule has 0 bridgehead atoms. The molecule has 0 aliphatic carbocycles. The van der Waals surface area contributed by atoms with Crippen LogP contribution in [0, 0.1) is 13.8 Å². The third-order valence-corrected chi connectivity index (χ3v) is 5.55. The molecule has 0 spiro atoms. The molecule has 0 saturated heterocycles. The van der Waals surface area contributed by atoms with Crippen molar-refractivity contribution < 1.29 is 13.2 Å². The Labute approximate surface area is 151 Å². The maximum Gasteiger partial charge on any atom is 0.265 e. The first-order chi connectivity index (χ1) is 12.3. The van der Waals surface area contributed by atoms with E-state index in [4.69, 9.17) is 5.73 Å². The molecule has 3 rings (SSSR count). The summed E-state index contributed by atoms with van der Waals surface area (Å²) in [6.07, 6.45) is 0. The molecule has 1 aromatic heterocycles. The molecule has 1 amide bonds. The monoisotopic (exact) mass is 370 g/mol. The van der Waals surface area contributed by atoms with E-state index in [1.54, 1.807) is 18.5 Å². The summed E-state index contributed by atoms with van der Waals surface area (Å²) in [6.45, 7) is 3.36. The van der Waals surface area contributed by atoms with Crippen LogP contribution in [0.25, 0.3) is 5.69 Å². The fourth-order valence-corrected chi connectivity index (χ4v) is 4.20. The molecule has 26 heavy (non-hydrogen) atoms. The Balaban J connectivity index is 1.97. The standard InChI is InChI=1S/C18H18N4O3S/c1-12-17(13(2)22(20-12)16-6-4-3-5-7-16)26(24,25)21-15-10-8-14(9-11-15)18(19)23/h3-11,21H,1-2H3,(H2,19,23). The maximum atomic E-state index is 12.9. The molecule has 3 N–H and O–H groups in total. The lowest BCUT2D eigenvalue weighted by Gasteiger charge is -2.09. The molecule has 0 atom stereocenters. The van der Waals surface area contributed by atoms with Crippen LogP contribution in [0.5, 0.6) is 0 Å². The summed E-state index contributed by atoms with van der Waals surface area (Å²) in [5, 5.41) is 4.36. The zero-order valence-corrected chi connectivity index (χ0v) is 15.1. The maximum absolute atomic E-state index is 12.9. The van der Waals surface area contributed by atoms with Crippen molar-refractivity contribution in [3.8, 4) is 5.69 Å². The number of aryl methyl sites for hydroxylation is 1. The summed E-state index contributed by atoms with van der Waals surface area (Å²) in [4.78, 5) is 11.2. The number of carbonyl (C=O) groups excluding carboxylic acids is 1. The molecule has 3 aromatic rings. The van der Waals surface area contributed by atoms with Crippen LogP contribution in [0.3, 0.4) is 0 Å². The predicted molar refractivity (Wildman–Crippen MR) is 98.8 cm³/mol. The number of primary amides is 1. The fourth-order valence-electron chi connectivity index (χ4n) is 2.75. The lowest BCUT2D eigenvalue weighted by atomic mass is 10.2. The Morgan fingerprint density at radius 3 is 2.23 bits per heavy atom. The summed E-state index contributed by atoms with van der Waals surface area (Å²) < 4.78 is 29.8. The molecule has 7 nitrogen and oxygen atoms in total. The Morgan fingerprint density at radius 2 is 1.65 bits per heavy atom. The van der Waals surface area contributed by atoms with Crippen molar-refractivity contribution in [1.82, 2.24) is 9.78 Å². The molecule has 0 saturated carbocycles. The first-order valence-corrected chi connectivity index (χ1v) is 9.32. The Hall–Kier alpha value is -3.13. The number of nitrogens with two attached hydrogens (primary N) is 1.